The second-order valence-electron chi connectivity index (χ2n) is 2.23. The summed E-state index contributed by atoms with van der Waals surface area (Å²) < 4.78 is 5.28. The average Bonchev–Trinajstić information content (AvgIpc) is 2.05. The Kier molecular flexibility index (Phi) is 1.27. The number of hydrogen-bond acceptors (Lipinski definition) is 3. The minimum atomic E-state index is 0.792. The lowest BCUT2D eigenvalue weighted by molar-refractivity contribution is 0.283. The van der Waals surface area contributed by atoms with Crippen LogP contribution >= 0.6 is 0 Å². The first-order chi connectivity index (χ1) is 4.97. The number of hydrogen-bond donors (Lipinski definition) is 0. The Labute approximate surface area is 59.1 Å². The molecule has 1 aliphatic rings. The predicted octanol–water partition coefficient (Wildman–Crippen LogP) is 0.602. The van der Waals surface area contributed by atoms with Crippen LogP contribution in [0.5, 0.6) is 5.75 Å². The molecule has 0 spiro atoms. The summed E-state index contributed by atoms with van der Waals surface area (Å²) in [5.41, 5.74) is 0.987. The zero-order chi connectivity index (χ0) is 6.81. The van der Waals surface area contributed by atoms with E-state index in [0.717, 1.165) is 30.9 Å². The Morgan fingerprint density at radius 3 is 3.50 bits per heavy atom. The molecule has 51 valence electrons. The van der Waals surface area contributed by atoms with Gasteiger partial charge >= 0.3 is 0 Å². The summed E-state index contributed by atoms with van der Waals surface area (Å²) >= 11 is 0. The Hall–Kier alpha value is -1.12. The molecule has 0 aromatic carbocycles. The third kappa shape index (κ3) is 0.835. The van der Waals surface area contributed by atoms with Gasteiger partial charge in [0.1, 0.15) is 0 Å². The van der Waals surface area contributed by atoms with Gasteiger partial charge in [0, 0.05) is 0 Å². The van der Waals surface area contributed by atoms with Crippen LogP contribution in [0.4, 0.5) is 0 Å². The molecule has 3 heteroatoms. The molecule has 1 aromatic rings. The maximum absolute atomic E-state index is 5.28. The van der Waals surface area contributed by atoms with Gasteiger partial charge in [0.2, 0.25) is 0 Å². The minimum absolute atomic E-state index is 0.792. The fraction of sp³-hybridized carbons (Fsp3) is 0.429. The smallest absolute Gasteiger partial charge is 0.198 e. The Morgan fingerprint density at radius 1 is 1.60 bits per heavy atom. The van der Waals surface area contributed by atoms with E-state index in [9.17, 15) is 0 Å². The zero-order valence-corrected chi connectivity index (χ0v) is 5.50. The molecular weight excluding hydrogens is 128 g/mol. The van der Waals surface area contributed by atoms with Crippen molar-refractivity contribution in [1.82, 2.24) is 9.97 Å². The molecule has 2 rings (SSSR count). The molecule has 1 aromatic heterocycles. The quantitative estimate of drug-likeness (QED) is 0.522. The largest absolute Gasteiger partial charge is 0.490 e. The van der Waals surface area contributed by atoms with Crippen molar-refractivity contribution in [2.45, 2.75) is 12.8 Å². The Bertz CT molecular complexity index is 212. The SMILES string of the molecule is [c]1ncc2c(n1)CCCO2. The van der Waals surface area contributed by atoms with Gasteiger partial charge in [-0.3, -0.25) is 0 Å². The van der Waals surface area contributed by atoms with Crippen molar-refractivity contribution in [2.24, 2.45) is 0 Å². The van der Waals surface area contributed by atoms with Gasteiger partial charge in [-0.1, -0.05) is 0 Å². The molecule has 0 saturated carbocycles. The molecular formula is C7H7N2O. The number of ether oxygens (including phenoxy) is 1. The molecule has 1 radical (unpaired) electrons. The van der Waals surface area contributed by atoms with E-state index in [-0.39, 0.29) is 0 Å². The summed E-state index contributed by atoms with van der Waals surface area (Å²) in [5, 5.41) is 0. The van der Waals surface area contributed by atoms with E-state index in [2.05, 4.69) is 16.3 Å². The molecule has 0 amide bonds. The summed E-state index contributed by atoms with van der Waals surface area (Å²) in [7, 11) is 0. The molecule has 2 heterocycles. The Morgan fingerprint density at radius 2 is 2.60 bits per heavy atom. The van der Waals surface area contributed by atoms with Crippen molar-refractivity contribution < 1.29 is 4.74 Å². The molecule has 0 fully saturated rings. The van der Waals surface area contributed by atoms with E-state index in [1.54, 1.807) is 6.20 Å². The number of fused-ring (bicyclic) bond motifs is 1. The van der Waals surface area contributed by atoms with Gasteiger partial charge in [0.05, 0.1) is 18.5 Å². The van der Waals surface area contributed by atoms with Gasteiger partial charge in [0.25, 0.3) is 0 Å². The fourth-order valence-corrected chi connectivity index (χ4v) is 1.03. The Balaban J connectivity index is 2.41. The second kappa shape index (κ2) is 2.25. The van der Waals surface area contributed by atoms with E-state index in [1.807, 2.05) is 0 Å². The monoisotopic (exact) mass is 135 g/mol. The van der Waals surface area contributed by atoms with Crippen molar-refractivity contribution in [3.05, 3.63) is 18.2 Å². The van der Waals surface area contributed by atoms with Crippen LogP contribution in [-0.4, -0.2) is 16.6 Å². The molecule has 0 aliphatic carbocycles. The molecule has 0 atom stereocenters. The highest BCUT2D eigenvalue weighted by atomic mass is 16.5. The first kappa shape index (κ1) is 5.65. The third-order valence-corrected chi connectivity index (χ3v) is 1.52. The van der Waals surface area contributed by atoms with Crippen molar-refractivity contribution >= 4 is 0 Å². The molecule has 0 N–H and O–H groups in total. The normalized spacial score (nSPS) is 15.6. The van der Waals surface area contributed by atoms with Gasteiger partial charge < -0.3 is 4.74 Å². The van der Waals surface area contributed by atoms with E-state index in [4.69, 9.17) is 4.74 Å². The van der Waals surface area contributed by atoms with Gasteiger partial charge in [0.15, 0.2) is 12.1 Å². The van der Waals surface area contributed by atoms with Crippen molar-refractivity contribution in [3.63, 3.8) is 0 Å². The van der Waals surface area contributed by atoms with E-state index in [1.165, 1.54) is 0 Å². The van der Waals surface area contributed by atoms with Crippen molar-refractivity contribution in [2.75, 3.05) is 6.61 Å². The molecule has 3 nitrogen and oxygen atoms in total. The maximum atomic E-state index is 5.28. The summed E-state index contributed by atoms with van der Waals surface area (Å²) in [6.07, 6.45) is 6.26. The van der Waals surface area contributed by atoms with Gasteiger partial charge in [-0.05, 0) is 12.8 Å². The highest BCUT2D eigenvalue weighted by Crippen LogP contribution is 2.19. The van der Waals surface area contributed by atoms with Gasteiger partial charge in [-0.15, -0.1) is 0 Å². The number of rotatable bonds is 0. The van der Waals surface area contributed by atoms with Crippen LogP contribution in [0.25, 0.3) is 0 Å². The summed E-state index contributed by atoms with van der Waals surface area (Å²) in [5.74, 6) is 0.824. The lowest BCUT2D eigenvalue weighted by Crippen LogP contribution is -2.09. The first-order valence-electron chi connectivity index (χ1n) is 3.31. The number of aromatic nitrogens is 2. The minimum Gasteiger partial charge on any atom is -0.490 e. The van der Waals surface area contributed by atoms with Crippen molar-refractivity contribution in [1.29, 1.82) is 0 Å². The fourth-order valence-electron chi connectivity index (χ4n) is 1.03. The molecule has 1 aliphatic heterocycles. The lowest BCUT2D eigenvalue weighted by Gasteiger charge is -2.13. The molecule has 10 heavy (non-hydrogen) atoms. The van der Waals surface area contributed by atoms with Crippen molar-refractivity contribution in [3.8, 4) is 5.75 Å². The van der Waals surface area contributed by atoms with Gasteiger partial charge in [-0.2, -0.15) is 0 Å². The van der Waals surface area contributed by atoms with E-state index < -0.39 is 0 Å². The second-order valence-corrected chi connectivity index (χ2v) is 2.23. The predicted molar refractivity (Wildman–Crippen MR) is 34.7 cm³/mol. The standard InChI is InChI=1S/C7H7N2O/c1-2-6-7(10-3-1)4-8-5-9-6/h4H,1-3H2. The number of nitrogens with zero attached hydrogens (tertiary/aromatic N) is 2. The average molecular weight is 135 g/mol. The lowest BCUT2D eigenvalue weighted by atomic mass is 10.2. The highest BCUT2D eigenvalue weighted by Gasteiger charge is 2.09. The van der Waals surface area contributed by atoms with Crippen LogP contribution in [0.3, 0.4) is 0 Å². The maximum Gasteiger partial charge on any atom is 0.198 e. The first-order valence-corrected chi connectivity index (χ1v) is 3.31. The van der Waals surface area contributed by atoms with Crippen LogP contribution in [0, 0.1) is 6.33 Å². The van der Waals surface area contributed by atoms with Crippen LogP contribution in [0.1, 0.15) is 12.1 Å². The van der Waals surface area contributed by atoms with Gasteiger partial charge in [-0.25, -0.2) is 9.97 Å². The topological polar surface area (TPSA) is 35.0 Å². The third-order valence-electron chi connectivity index (χ3n) is 1.52. The zero-order valence-electron chi connectivity index (χ0n) is 5.50. The van der Waals surface area contributed by atoms with Crippen LogP contribution in [0.15, 0.2) is 6.20 Å². The summed E-state index contributed by atoms with van der Waals surface area (Å²) in [6, 6.07) is 0. The summed E-state index contributed by atoms with van der Waals surface area (Å²) in [4.78, 5) is 7.70. The van der Waals surface area contributed by atoms with Crippen LogP contribution in [-0.2, 0) is 6.42 Å². The number of aryl methyl sites for hydroxylation is 1. The molecule has 0 bridgehead atoms. The van der Waals surface area contributed by atoms with Crippen LogP contribution in [0.2, 0.25) is 0 Å². The molecule has 0 unspecified atom stereocenters. The highest BCUT2D eigenvalue weighted by molar-refractivity contribution is 5.24. The summed E-state index contributed by atoms with van der Waals surface area (Å²) in [6.45, 7) is 0.792. The van der Waals surface area contributed by atoms with Crippen LogP contribution < -0.4 is 4.74 Å². The van der Waals surface area contributed by atoms with E-state index in [0.29, 0.717) is 0 Å². The molecule has 0 saturated heterocycles. The van der Waals surface area contributed by atoms with E-state index >= 15 is 0 Å².